The fourth-order valence-corrected chi connectivity index (χ4v) is 3.51. The summed E-state index contributed by atoms with van der Waals surface area (Å²) in [6.45, 7) is 3.77. The molecule has 0 spiro atoms. The minimum absolute atomic E-state index is 0. The normalized spacial score (nSPS) is 21.6. The Balaban J connectivity index is 0.00000176. The Morgan fingerprint density at radius 3 is 2.32 bits per heavy atom. The smallest absolute Gasteiger partial charge is 0.245 e. The highest BCUT2D eigenvalue weighted by atomic mass is 35.5. The molecule has 5 heteroatoms. The Bertz CT molecular complexity index is 468. The molecule has 0 aromatic heterocycles. The standard InChI is InChI=1S/C17H25N3O.ClH/c21-16(19-20-13-5-2-6-14-20)17(9-11-18-12-10-17)15-7-3-1-4-8-15;/h1,3-4,7-8,18H,2,5-6,9-14H2,(H,19,21);1H. The van der Waals surface area contributed by atoms with Crippen molar-refractivity contribution in [1.29, 1.82) is 0 Å². The Morgan fingerprint density at radius 2 is 1.68 bits per heavy atom. The first-order valence-electron chi connectivity index (χ1n) is 8.14. The Labute approximate surface area is 139 Å². The number of benzene rings is 1. The molecule has 122 valence electrons. The predicted molar refractivity (Wildman–Crippen MR) is 91.0 cm³/mol. The molecular weight excluding hydrogens is 298 g/mol. The number of hydrazine groups is 1. The third kappa shape index (κ3) is 3.62. The van der Waals surface area contributed by atoms with Gasteiger partial charge in [-0.25, -0.2) is 5.01 Å². The monoisotopic (exact) mass is 323 g/mol. The Hall–Kier alpha value is -1.10. The molecule has 3 rings (SSSR count). The molecule has 2 fully saturated rings. The van der Waals surface area contributed by atoms with E-state index in [4.69, 9.17) is 0 Å². The van der Waals surface area contributed by atoms with Crippen molar-refractivity contribution >= 4 is 18.3 Å². The molecule has 0 bridgehead atoms. The van der Waals surface area contributed by atoms with Gasteiger partial charge in [0.2, 0.25) is 5.91 Å². The van der Waals surface area contributed by atoms with Crippen molar-refractivity contribution in [3.63, 3.8) is 0 Å². The van der Waals surface area contributed by atoms with Crippen LogP contribution in [0, 0.1) is 0 Å². The summed E-state index contributed by atoms with van der Waals surface area (Å²) in [5.74, 6) is 0.178. The van der Waals surface area contributed by atoms with Crippen molar-refractivity contribution in [2.24, 2.45) is 0 Å². The fraction of sp³-hybridized carbons (Fsp3) is 0.588. The first kappa shape index (κ1) is 17.3. The fourth-order valence-electron chi connectivity index (χ4n) is 3.51. The van der Waals surface area contributed by atoms with Crippen LogP contribution in [0.1, 0.15) is 37.7 Å². The van der Waals surface area contributed by atoms with Crippen LogP contribution in [0.25, 0.3) is 0 Å². The summed E-state index contributed by atoms with van der Waals surface area (Å²) in [7, 11) is 0. The molecule has 0 saturated carbocycles. The summed E-state index contributed by atoms with van der Waals surface area (Å²) in [6, 6.07) is 10.3. The average Bonchev–Trinajstić information content (AvgIpc) is 2.57. The van der Waals surface area contributed by atoms with Gasteiger partial charge >= 0.3 is 0 Å². The molecule has 1 aromatic carbocycles. The minimum atomic E-state index is -0.371. The van der Waals surface area contributed by atoms with Gasteiger partial charge < -0.3 is 5.32 Å². The lowest BCUT2D eigenvalue weighted by Crippen LogP contribution is -2.56. The molecule has 0 unspecified atom stereocenters. The van der Waals surface area contributed by atoms with E-state index in [2.05, 4.69) is 27.9 Å². The number of carbonyl (C=O) groups is 1. The molecule has 1 aromatic rings. The van der Waals surface area contributed by atoms with Gasteiger partial charge in [-0.05, 0) is 44.3 Å². The highest BCUT2D eigenvalue weighted by Crippen LogP contribution is 2.34. The number of carbonyl (C=O) groups excluding carboxylic acids is 1. The van der Waals surface area contributed by atoms with Crippen LogP contribution in [-0.2, 0) is 10.2 Å². The first-order chi connectivity index (χ1) is 10.3. The second-order valence-electron chi connectivity index (χ2n) is 6.19. The van der Waals surface area contributed by atoms with Crippen LogP contribution in [0.15, 0.2) is 30.3 Å². The number of nitrogens with zero attached hydrogens (tertiary/aromatic N) is 1. The van der Waals surface area contributed by atoms with Gasteiger partial charge in [-0.15, -0.1) is 12.4 Å². The van der Waals surface area contributed by atoms with Gasteiger partial charge in [0.05, 0.1) is 5.41 Å². The molecule has 2 aliphatic rings. The van der Waals surface area contributed by atoms with Gasteiger partial charge in [0.1, 0.15) is 0 Å². The highest BCUT2D eigenvalue weighted by Gasteiger charge is 2.41. The highest BCUT2D eigenvalue weighted by molar-refractivity contribution is 5.88. The van der Waals surface area contributed by atoms with Crippen LogP contribution in [0.3, 0.4) is 0 Å². The molecule has 0 aliphatic carbocycles. The quantitative estimate of drug-likeness (QED) is 0.896. The number of nitrogens with one attached hydrogen (secondary N) is 2. The Morgan fingerprint density at radius 1 is 1.05 bits per heavy atom. The molecule has 2 aliphatic heterocycles. The maximum atomic E-state index is 13.0. The van der Waals surface area contributed by atoms with Crippen LogP contribution in [0.4, 0.5) is 0 Å². The molecule has 0 radical (unpaired) electrons. The lowest BCUT2D eigenvalue weighted by Gasteiger charge is -2.39. The third-order valence-electron chi connectivity index (χ3n) is 4.83. The van der Waals surface area contributed by atoms with Crippen LogP contribution >= 0.6 is 12.4 Å². The molecule has 1 amide bonds. The molecule has 0 atom stereocenters. The largest absolute Gasteiger partial charge is 0.317 e. The van der Waals surface area contributed by atoms with E-state index in [-0.39, 0.29) is 23.7 Å². The van der Waals surface area contributed by atoms with Gasteiger partial charge in [0.15, 0.2) is 0 Å². The zero-order valence-corrected chi connectivity index (χ0v) is 13.8. The van der Waals surface area contributed by atoms with Crippen LogP contribution in [0.2, 0.25) is 0 Å². The van der Waals surface area contributed by atoms with Gasteiger partial charge in [-0.1, -0.05) is 36.8 Å². The summed E-state index contributed by atoms with van der Waals surface area (Å²) in [5, 5.41) is 5.48. The van der Waals surface area contributed by atoms with E-state index in [0.29, 0.717) is 0 Å². The summed E-state index contributed by atoms with van der Waals surface area (Å²) in [4.78, 5) is 13.0. The molecule has 4 nitrogen and oxygen atoms in total. The zero-order valence-electron chi connectivity index (χ0n) is 13.0. The van der Waals surface area contributed by atoms with Crippen molar-refractivity contribution in [3.8, 4) is 0 Å². The van der Waals surface area contributed by atoms with E-state index < -0.39 is 0 Å². The minimum Gasteiger partial charge on any atom is -0.317 e. The number of hydrogen-bond donors (Lipinski definition) is 2. The summed E-state index contributed by atoms with van der Waals surface area (Å²) >= 11 is 0. The van der Waals surface area contributed by atoms with Crippen molar-refractivity contribution < 1.29 is 4.79 Å². The van der Waals surface area contributed by atoms with E-state index in [1.54, 1.807) is 0 Å². The second-order valence-corrected chi connectivity index (χ2v) is 6.19. The summed E-state index contributed by atoms with van der Waals surface area (Å²) in [6.07, 6.45) is 5.38. The first-order valence-corrected chi connectivity index (χ1v) is 8.14. The van der Waals surface area contributed by atoms with Gasteiger partial charge in [-0.3, -0.25) is 10.2 Å². The maximum Gasteiger partial charge on any atom is 0.245 e. The van der Waals surface area contributed by atoms with E-state index in [1.165, 1.54) is 19.3 Å². The van der Waals surface area contributed by atoms with E-state index in [1.807, 2.05) is 18.2 Å². The van der Waals surface area contributed by atoms with Gasteiger partial charge in [-0.2, -0.15) is 0 Å². The van der Waals surface area contributed by atoms with Crippen LogP contribution < -0.4 is 10.7 Å². The third-order valence-corrected chi connectivity index (χ3v) is 4.83. The van der Waals surface area contributed by atoms with Crippen molar-refractivity contribution in [2.75, 3.05) is 26.2 Å². The number of amides is 1. The van der Waals surface area contributed by atoms with Crippen molar-refractivity contribution in [2.45, 2.75) is 37.5 Å². The topological polar surface area (TPSA) is 44.4 Å². The zero-order chi connectivity index (χ0) is 14.5. The average molecular weight is 324 g/mol. The van der Waals surface area contributed by atoms with E-state index in [9.17, 15) is 4.79 Å². The van der Waals surface area contributed by atoms with Crippen LogP contribution in [-0.4, -0.2) is 37.1 Å². The molecule has 2 N–H and O–H groups in total. The summed E-state index contributed by atoms with van der Waals surface area (Å²) in [5.41, 5.74) is 3.98. The van der Waals surface area contributed by atoms with Gasteiger partial charge in [0.25, 0.3) is 0 Å². The number of halogens is 1. The van der Waals surface area contributed by atoms with Crippen molar-refractivity contribution in [1.82, 2.24) is 15.8 Å². The molecule has 2 saturated heterocycles. The number of rotatable bonds is 3. The predicted octanol–water partition coefficient (Wildman–Crippen LogP) is 2.25. The summed E-state index contributed by atoms with van der Waals surface area (Å²) < 4.78 is 0. The maximum absolute atomic E-state index is 13.0. The lowest BCUT2D eigenvalue weighted by molar-refractivity contribution is -0.133. The second kappa shape index (κ2) is 7.95. The van der Waals surface area contributed by atoms with Crippen LogP contribution in [0.5, 0.6) is 0 Å². The Kier molecular flexibility index (Phi) is 6.24. The molecule has 22 heavy (non-hydrogen) atoms. The molecule has 2 heterocycles. The number of piperidine rings is 2. The lowest BCUT2D eigenvalue weighted by atomic mass is 9.72. The van der Waals surface area contributed by atoms with Crippen molar-refractivity contribution in [3.05, 3.63) is 35.9 Å². The van der Waals surface area contributed by atoms with Gasteiger partial charge in [0, 0.05) is 13.1 Å². The SMILES string of the molecule is Cl.O=C(NN1CCCCC1)C1(c2ccccc2)CCNCC1. The van der Waals surface area contributed by atoms with E-state index in [0.717, 1.165) is 44.6 Å². The van der Waals surface area contributed by atoms with E-state index >= 15 is 0 Å². The molecular formula is C17H26ClN3O. The number of hydrogen-bond acceptors (Lipinski definition) is 3.